The van der Waals surface area contributed by atoms with Gasteiger partial charge in [-0.05, 0) is 36.4 Å². The number of fused-ring (bicyclic) bond motifs is 1. The molecule has 3 heteroatoms. The summed E-state index contributed by atoms with van der Waals surface area (Å²) in [6.07, 6.45) is 1.77. The topological polar surface area (TPSA) is 46.3 Å². The van der Waals surface area contributed by atoms with Crippen LogP contribution in [0.4, 0.5) is 0 Å². The Morgan fingerprint density at radius 2 is 1.94 bits per heavy atom. The average molecular weight is 246 g/mol. The molecule has 0 heterocycles. The van der Waals surface area contributed by atoms with Crippen molar-refractivity contribution in [2.24, 2.45) is 17.6 Å². The monoisotopic (exact) mass is 246 g/mol. The molecule has 0 radical (unpaired) electrons. The first-order chi connectivity index (χ1) is 8.61. The molecule has 1 aliphatic carbocycles. The van der Waals surface area contributed by atoms with Crippen molar-refractivity contribution in [3.05, 3.63) is 35.4 Å². The van der Waals surface area contributed by atoms with Crippen LogP contribution >= 0.6 is 0 Å². The molecular weight excluding hydrogens is 224 g/mol. The maximum Gasteiger partial charge on any atom is 0.226 e. The van der Waals surface area contributed by atoms with Crippen molar-refractivity contribution in [2.45, 2.75) is 19.8 Å². The fraction of sp³-hybridized carbons (Fsp3) is 0.533. The van der Waals surface area contributed by atoms with Crippen molar-refractivity contribution < 1.29 is 4.79 Å². The number of nitrogens with zero attached hydrogens (tertiary/aromatic N) is 1. The second-order valence-electron chi connectivity index (χ2n) is 5.43. The first-order valence-electron chi connectivity index (χ1n) is 6.63. The van der Waals surface area contributed by atoms with Gasteiger partial charge in [-0.25, -0.2) is 0 Å². The van der Waals surface area contributed by atoms with Gasteiger partial charge >= 0.3 is 0 Å². The second-order valence-corrected chi connectivity index (χ2v) is 5.43. The Balaban J connectivity index is 1.96. The molecule has 3 nitrogen and oxygen atoms in total. The van der Waals surface area contributed by atoms with Gasteiger partial charge in [0, 0.05) is 19.5 Å². The number of amides is 1. The van der Waals surface area contributed by atoms with E-state index in [1.54, 1.807) is 0 Å². The maximum absolute atomic E-state index is 12.4. The lowest BCUT2D eigenvalue weighted by Crippen LogP contribution is -2.37. The van der Waals surface area contributed by atoms with Gasteiger partial charge < -0.3 is 10.6 Å². The van der Waals surface area contributed by atoms with Gasteiger partial charge in [0.2, 0.25) is 5.91 Å². The van der Waals surface area contributed by atoms with Gasteiger partial charge in [-0.3, -0.25) is 4.79 Å². The zero-order valence-electron chi connectivity index (χ0n) is 11.2. The van der Waals surface area contributed by atoms with Crippen LogP contribution in [0.5, 0.6) is 0 Å². The zero-order valence-corrected chi connectivity index (χ0v) is 11.2. The van der Waals surface area contributed by atoms with Gasteiger partial charge in [0.05, 0.1) is 0 Å². The quantitative estimate of drug-likeness (QED) is 0.874. The van der Waals surface area contributed by atoms with Crippen molar-refractivity contribution in [3.63, 3.8) is 0 Å². The Kier molecular flexibility index (Phi) is 4.02. The van der Waals surface area contributed by atoms with Crippen molar-refractivity contribution >= 4 is 5.91 Å². The zero-order chi connectivity index (χ0) is 13.1. The summed E-state index contributed by atoms with van der Waals surface area (Å²) in [7, 11) is 1.89. The van der Waals surface area contributed by atoms with Gasteiger partial charge in [-0.15, -0.1) is 0 Å². The summed E-state index contributed by atoms with van der Waals surface area (Å²) in [6.45, 7) is 3.46. The number of carbonyl (C=O) groups excluding carboxylic acids is 1. The van der Waals surface area contributed by atoms with Crippen LogP contribution < -0.4 is 5.73 Å². The van der Waals surface area contributed by atoms with Crippen LogP contribution in [0.3, 0.4) is 0 Å². The van der Waals surface area contributed by atoms with Crippen LogP contribution in [0.2, 0.25) is 0 Å². The molecule has 0 aromatic heterocycles. The van der Waals surface area contributed by atoms with E-state index in [0.717, 1.165) is 19.4 Å². The van der Waals surface area contributed by atoms with E-state index in [9.17, 15) is 4.79 Å². The number of hydrogen-bond donors (Lipinski definition) is 1. The van der Waals surface area contributed by atoms with Gasteiger partial charge in [0.15, 0.2) is 0 Å². The SMILES string of the molecule is CC(CN)CN(C)C(=O)C1Cc2ccccc2C1. The van der Waals surface area contributed by atoms with E-state index < -0.39 is 0 Å². The Labute approximate surface area is 109 Å². The summed E-state index contributed by atoms with van der Waals surface area (Å²) < 4.78 is 0. The Hall–Kier alpha value is -1.35. The molecule has 1 aromatic rings. The lowest BCUT2D eigenvalue weighted by atomic mass is 10.0. The number of benzene rings is 1. The maximum atomic E-state index is 12.4. The normalized spacial score (nSPS) is 16.4. The summed E-state index contributed by atoms with van der Waals surface area (Å²) in [5.74, 6) is 0.742. The molecule has 1 unspecified atom stereocenters. The molecule has 0 saturated heterocycles. The second kappa shape index (κ2) is 5.53. The van der Waals surface area contributed by atoms with E-state index in [-0.39, 0.29) is 11.8 Å². The first-order valence-corrected chi connectivity index (χ1v) is 6.63. The molecule has 1 aromatic carbocycles. The van der Waals surface area contributed by atoms with Gasteiger partial charge in [0.25, 0.3) is 0 Å². The number of hydrogen-bond acceptors (Lipinski definition) is 2. The molecule has 1 aliphatic rings. The van der Waals surface area contributed by atoms with Crippen LogP contribution in [0.1, 0.15) is 18.1 Å². The molecule has 1 amide bonds. The van der Waals surface area contributed by atoms with Gasteiger partial charge in [0.1, 0.15) is 0 Å². The largest absolute Gasteiger partial charge is 0.345 e. The Bertz CT molecular complexity index is 405. The molecule has 18 heavy (non-hydrogen) atoms. The lowest BCUT2D eigenvalue weighted by Gasteiger charge is -2.23. The van der Waals surface area contributed by atoms with Crippen molar-refractivity contribution in [1.29, 1.82) is 0 Å². The van der Waals surface area contributed by atoms with Crippen molar-refractivity contribution in [3.8, 4) is 0 Å². The molecular formula is C15H22N2O. The predicted octanol–water partition coefficient (Wildman–Crippen LogP) is 1.45. The summed E-state index contributed by atoms with van der Waals surface area (Å²) in [6, 6.07) is 8.36. The summed E-state index contributed by atoms with van der Waals surface area (Å²) in [5.41, 5.74) is 8.26. The fourth-order valence-corrected chi connectivity index (χ4v) is 2.68. The molecule has 0 spiro atoms. The van der Waals surface area contributed by atoms with E-state index >= 15 is 0 Å². The number of nitrogens with two attached hydrogens (primary N) is 1. The average Bonchev–Trinajstić information content (AvgIpc) is 2.81. The van der Waals surface area contributed by atoms with E-state index in [4.69, 9.17) is 5.73 Å². The molecule has 2 N–H and O–H groups in total. The molecule has 0 fully saturated rings. The smallest absolute Gasteiger partial charge is 0.226 e. The van der Waals surface area contributed by atoms with Crippen molar-refractivity contribution in [1.82, 2.24) is 4.90 Å². The first kappa shape index (κ1) is 13.1. The molecule has 1 atom stereocenters. The lowest BCUT2D eigenvalue weighted by molar-refractivity contribution is -0.134. The Morgan fingerprint density at radius 1 is 1.39 bits per heavy atom. The van der Waals surface area contributed by atoms with Crippen LogP contribution in [0.25, 0.3) is 0 Å². The highest BCUT2D eigenvalue weighted by Crippen LogP contribution is 2.27. The highest BCUT2D eigenvalue weighted by atomic mass is 16.2. The minimum absolute atomic E-state index is 0.123. The van der Waals surface area contributed by atoms with E-state index in [1.165, 1.54) is 11.1 Å². The molecule has 0 bridgehead atoms. The van der Waals surface area contributed by atoms with Crippen LogP contribution in [-0.4, -0.2) is 30.9 Å². The Morgan fingerprint density at radius 3 is 2.44 bits per heavy atom. The summed E-state index contributed by atoms with van der Waals surface area (Å²) in [5, 5.41) is 0. The minimum atomic E-state index is 0.123. The number of carbonyl (C=O) groups is 1. The third-order valence-corrected chi connectivity index (χ3v) is 3.76. The number of rotatable bonds is 4. The molecule has 0 saturated carbocycles. The van der Waals surface area contributed by atoms with Crippen LogP contribution in [0, 0.1) is 11.8 Å². The van der Waals surface area contributed by atoms with E-state index in [1.807, 2.05) is 24.1 Å². The van der Waals surface area contributed by atoms with E-state index in [2.05, 4.69) is 19.1 Å². The summed E-state index contributed by atoms with van der Waals surface area (Å²) in [4.78, 5) is 14.2. The van der Waals surface area contributed by atoms with Crippen LogP contribution in [0.15, 0.2) is 24.3 Å². The highest BCUT2D eigenvalue weighted by Gasteiger charge is 2.29. The third-order valence-electron chi connectivity index (χ3n) is 3.76. The summed E-state index contributed by atoms with van der Waals surface area (Å²) >= 11 is 0. The van der Waals surface area contributed by atoms with E-state index in [0.29, 0.717) is 12.5 Å². The predicted molar refractivity (Wildman–Crippen MR) is 73.2 cm³/mol. The standard InChI is InChI=1S/C15H22N2O/c1-11(9-16)10-17(2)15(18)14-7-12-5-3-4-6-13(12)8-14/h3-6,11,14H,7-10,16H2,1-2H3. The minimum Gasteiger partial charge on any atom is -0.345 e. The molecule has 2 rings (SSSR count). The van der Waals surface area contributed by atoms with Crippen molar-refractivity contribution in [2.75, 3.05) is 20.1 Å². The van der Waals surface area contributed by atoms with Crippen LogP contribution in [-0.2, 0) is 17.6 Å². The third kappa shape index (κ3) is 2.72. The van der Waals surface area contributed by atoms with Gasteiger partial charge in [-0.2, -0.15) is 0 Å². The fourth-order valence-electron chi connectivity index (χ4n) is 2.68. The molecule has 0 aliphatic heterocycles. The highest BCUT2D eigenvalue weighted by molar-refractivity contribution is 5.80. The van der Waals surface area contributed by atoms with Gasteiger partial charge in [-0.1, -0.05) is 31.2 Å². The molecule has 98 valence electrons.